The molecule has 0 aliphatic rings. The first kappa shape index (κ1) is 6.23. The summed E-state index contributed by atoms with van der Waals surface area (Å²) in [5.74, 6) is -0.492. The summed E-state index contributed by atoms with van der Waals surface area (Å²) in [6.45, 7) is 0. The predicted molar refractivity (Wildman–Crippen MR) is 27.8 cm³/mol. The van der Waals surface area contributed by atoms with Crippen LogP contribution in [0.2, 0.25) is 0 Å². The molecule has 3 nitrogen and oxygen atoms in total. The van der Waals surface area contributed by atoms with Gasteiger partial charge in [-0.3, -0.25) is 0 Å². The van der Waals surface area contributed by atoms with Crippen molar-refractivity contribution in [3.63, 3.8) is 0 Å². The van der Waals surface area contributed by atoms with E-state index in [1.54, 1.807) is 0 Å². The van der Waals surface area contributed by atoms with Gasteiger partial charge in [-0.05, 0) is 0 Å². The maximum absolute atomic E-state index is 9.98. The molecule has 0 atom stereocenters. The van der Waals surface area contributed by atoms with E-state index in [-0.39, 0.29) is 0 Å². The van der Waals surface area contributed by atoms with Crippen molar-refractivity contribution in [2.75, 3.05) is 0 Å². The van der Waals surface area contributed by atoms with Gasteiger partial charge in [-0.1, -0.05) is 0 Å². The van der Waals surface area contributed by atoms with E-state index in [0.717, 1.165) is 6.08 Å². The highest BCUT2D eigenvalue weighted by Crippen LogP contribution is 1.71. The Labute approximate surface area is 44.1 Å². The van der Waals surface area contributed by atoms with Gasteiger partial charge in [-0.15, -0.1) is 0 Å². The van der Waals surface area contributed by atoms with Gasteiger partial charge in [0, 0.05) is 0 Å². The van der Waals surface area contributed by atoms with Gasteiger partial charge in [0.15, 0.2) is 0 Å². The monoisotopic (exact) mass is 118 g/mol. The van der Waals surface area contributed by atoms with Gasteiger partial charge in [-0.25, -0.2) is 4.79 Å². The maximum Gasteiger partial charge on any atom is 0.319 e. The van der Waals surface area contributed by atoms with Gasteiger partial charge in [-0.2, -0.15) is 0 Å². The molecule has 1 N–H and O–H groups in total. The van der Waals surface area contributed by atoms with Gasteiger partial charge in [0.05, 0.1) is 12.3 Å². The molecule has 0 aliphatic heterocycles. The Hall–Kier alpha value is -0.773. The molecule has 0 aromatic carbocycles. The van der Waals surface area contributed by atoms with Crippen LogP contribution in [0.25, 0.3) is 0 Å². The number of hydrogen-bond donors (Lipinski definition) is 1. The number of carbonyl (C=O) groups excluding carboxylic acids is 1. The third-order valence-electron chi connectivity index (χ3n) is 0.412. The largest absolute Gasteiger partial charge is 0.526 e. The summed E-state index contributed by atoms with van der Waals surface area (Å²) in [6.07, 6.45) is 1.60. The summed E-state index contributed by atoms with van der Waals surface area (Å²) in [6, 6.07) is 0. The van der Waals surface area contributed by atoms with Crippen LogP contribution in [0.1, 0.15) is 0 Å². The van der Waals surface area contributed by atoms with Crippen molar-refractivity contribution < 1.29 is 14.3 Å². The minimum absolute atomic E-state index is 0.375. The van der Waals surface area contributed by atoms with Crippen LogP contribution in [-0.4, -0.2) is 21.6 Å². The van der Waals surface area contributed by atoms with E-state index >= 15 is 0 Å². The zero-order chi connectivity index (χ0) is 5.70. The van der Waals surface area contributed by atoms with E-state index < -0.39 is 5.97 Å². The number of hydrogen-bond acceptors (Lipinski definition) is 3. The Bertz CT molecular complexity index is 88.2. The van der Waals surface area contributed by atoms with E-state index in [9.17, 15) is 4.79 Å². The average Bonchev–Trinajstić information content (AvgIpc) is 1.68. The Morgan fingerprint density at radius 2 is 2.43 bits per heavy atom. The highest BCUT2D eigenvalue weighted by Gasteiger charge is 1.84. The predicted octanol–water partition coefficient (Wildman–Crippen LogP) is -1.12. The van der Waals surface area contributed by atoms with Crippen molar-refractivity contribution in [2.24, 2.45) is 0 Å². The van der Waals surface area contributed by atoms with Crippen molar-refractivity contribution in [3.8, 4) is 0 Å². The summed E-state index contributed by atoms with van der Waals surface area (Å²) in [5, 5.41) is 7.90. The van der Waals surface area contributed by atoms with Crippen LogP contribution in [0.3, 0.4) is 0 Å². The van der Waals surface area contributed by atoms with Gasteiger partial charge in [0.2, 0.25) is 10.5 Å². The number of aliphatic hydroxyl groups excluding tert-OH is 1. The fraction of sp³-hybridized carbons (Fsp3) is 0. The number of rotatable bonds is 1. The van der Waals surface area contributed by atoms with Crippen LogP contribution in [0.5, 0.6) is 0 Å². The molecule has 0 aliphatic carbocycles. The van der Waals surface area contributed by atoms with E-state index in [4.69, 9.17) is 5.11 Å². The summed E-state index contributed by atoms with van der Waals surface area (Å²) in [5.41, 5.74) is 0. The molecule has 0 heterocycles. The maximum atomic E-state index is 9.98. The topological polar surface area (TPSA) is 46.5 Å². The molecule has 40 valence electrons. The van der Waals surface area contributed by atoms with Crippen LogP contribution in [0, 0.1) is 0 Å². The SMILES string of the molecule is O=C(C=CO)O[SiH3]. The van der Waals surface area contributed by atoms with Crippen molar-refractivity contribution in [1.82, 2.24) is 0 Å². The van der Waals surface area contributed by atoms with Crippen LogP contribution in [-0.2, 0) is 9.22 Å². The average molecular weight is 118 g/mol. The van der Waals surface area contributed by atoms with Gasteiger partial charge in [0.25, 0.3) is 0 Å². The van der Waals surface area contributed by atoms with Crippen molar-refractivity contribution in [3.05, 3.63) is 12.3 Å². The Kier molecular flexibility index (Phi) is 3.04. The molecule has 0 saturated carbocycles. The smallest absolute Gasteiger partial charge is 0.319 e. The zero-order valence-corrected chi connectivity index (χ0v) is 5.92. The highest BCUT2D eigenvalue weighted by molar-refractivity contribution is 6.07. The molecule has 0 fully saturated rings. The fourth-order valence-electron chi connectivity index (χ4n) is 0.129. The van der Waals surface area contributed by atoms with Crippen LogP contribution in [0.15, 0.2) is 12.3 Å². The first-order valence-corrected chi connectivity index (χ1v) is 2.51. The normalized spacial score (nSPS) is 9.71. The molecule has 0 rings (SSSR count). The second-order valence-corrected chi connectivity index (χ2v) is 1.25. The van der Waals surface area contributed by atoms with Gasteiger partial charge >= 0.3 is 5.97 Å². The van der Waals surface area contributed by atoms with E-state index in [0.29, 0.717) is 16.7 Å². The zero-order valence-electron chi connectivity index (χ0n) is 3.92. The lowest BCUT2D eigenvalue weighted by Crippen LogP contribution is -1.94. The van der Waals surface area contributed by atoms with Crippen molar-refractivity contribution in [1.29, 1.82) is 0 Å². The highest BCUT2D eigenvalue weighted by atomic mass is 28.2. The van der Waals surface area contributed by atoms with Crippen LogP contribution in [0.4, 0.5) is 0 Å². The second-order valence-electron chi connectivity index (χ2n) is 0.839. The first-order chi connectivity index (χ1) is 3.31. The molecule has 0 unspecified atom stereocenters. The number of aliphatic hydroxyl groups is 1. The summed E-state index contributed by atoms with van der Waals surface area (Å²) in [4.78, 5) is 9.98. The van der Waals surface area contributed by atoms with Gasteiger partial charge < -0.3 is 9.53 Å². The molecule has 4 heteroatoms. The van der Waals surface area contributed by atoms with Gasteiger partial charge in [0.1, 0.15) is 0 Å². The third-order valence-corrected chi connectivity index (χ3v) is 0.814. The Balaban J connectivity index is 3.37. The molecule has 0 radical (unpaired) electrons. The molecule has 0 aromatic rings. The van der Waals surface area contributed by atoms with E-state index in [2.05, 4.69) is 4.43 Å². The summed E-state index contributed by atoms with van der Waals surface area (Å²) in [7, 11) is 0.375. The van der Waals surface area contributed by atoms with Crippen LogP contribution >= 0.6 is 0 Å². The Morgan fingerprint density at radius 3 is 2.57 bits per heavy atom. The fourth-order valence-corrected chi connectivity index (χ4v) is 0.265. The van der Waals surface area contributed by atoms with Crippen molar-refractivity contribution in [2.45, 2.75) is 0 Å². The molecule has 0 aromatic heterocycles. The van der Waals surface area contributed by atoms with E-state index in [1.165, 1.54) is 0 Å². The third kappa shape index (κ3) is 3.05. The minimum atomic E-state index is -0.492. The number of carbonyl (C=O) groups is 1. The van der Waals surface area contributed by atoms with E-state index in [1.807, 2.05) is 0 Å². The molecular weight excluding hydrogens is 112 g/mol. The van der Waals surface area contributed by atoms with Crippen molar-refractivity contribution >= 4 is 16.5 Å². The standard InChI is InChI=1S/C3H6O3Si/c4-2-1-3(5)6-7/h1-2,4H,7H3. The molecule has 7 heavy (non-hydrogen) atoms. The van der Waals surface area contributed by atoms with Crippen LogP contribution < -0.4 is 0 Å². The summed E-state index contributed by atoms with van der Waals surface area (Å²) >= 11 is 0. The lowest BCUT2D eigenvalue weighted by Gasteiger charge is -1.85. The molecule has 0 amide bonds. The Morgan fingerprint density at radius 1 is 1.86 bits per heavy atom. The molecule has 0 bridgehead atoms. The second kappa shape index (κ2) is 3.42. The summed E-state index contributed by atoms with van der Waals surface area (Å²) < 4.78 is 4.24. The quantitative estimate of drug-likeness (QED) is 0.269. The molecule has 0 spiro atoms. The first-order valence-electron chi connectivity index (χ1n) is 1.70. The lowest BCUT2D eigenvalue weighted by molar-refractivity contribution is -0.128. The minimum Gasteiger partial charge on any atom is -0.526 e. The lowest BCUT2D eigenvalue weighted by atomic mass is 10.7. The molecule has 0 saturated heterocycles. The molecular formula is C3H6O3Si.